The first-order valence-electron chi connectivity index (χ1n) is 4.52. The van der Waals surface area contributed by atoms with Gasteiger partial charge in [-0.2, -0.15) is 0 Å². The van der Waals surface area contributed by atoms with E-state index < -0.39 is 11.0 Å². The van der Waals surface area contributed by atoms with E-state index in [1.165, 1.54) is 0 Å². The monoisotopic (exact) mass is 289 g/mol. The Morgan fingerprint density at radius 2 is 2.13 bits per heavy atom. The molecule has 1 atom stereocenters. The summed E-state index contributed by atoms with van der Waals surface area (Å²) < 4.78 is 16.2. The molecule has 1 aromatic heterocycles. The van der Waals surface area contributed by atoms with Crippen molar-refractivity contribution in [2.24, 2.45) is 4.40 Å². The van der Waals surface area contributed by atoms with Gasteiger partial charge in [0.05, 0.1) is 5.69 Å². The summed E-state index contributed by atoms with van der Waals surface area (Å²) in [7, 11) is -1.59. The fraction of sp³-hybridized carbons (Fsp3) is 0.400. The molecular formula is C10H14BrN2OS+. The summed E-state index contributed by atoms with van der Waals surface area (Å²) in [6, 6.07) is 3.69. The molecule has 0 aromatic carbocycles. The molecule has 1 unspecified atom stereocenters. The molecule has 0 amide bonds. The van der Waals surface area contributed by atoms with E-state index in [0.29, 0.717) is 5.69 Å². The van der Waals surface area contributed by atoms with Gasteiger partial charge in [0.25, 0.3) is 0 Å². The zero-order valence-electron chi connectivity index (χ0n) is 8.94. The summed E-state index contributed by atoms with van der Waals surface area (Å²) in [4.78, 5) is 4.11. The minimum absolute atomic E-state index is 0.290. The van der Waals surface area contributed by atoms with Gasteiger partial charge in [-0.1, -0.05) is 8.61 Å². The number of pyridine rings is 1. The van der Waals surface area contributed by atoms with Gasteiger partial charge in [-0.3, -0.25) is 4.98 Å². The van der Waals surface area contributed by atoms with Crippen molar-refractivity contribution in [3.05, 3.63) is 28.5 Å². The molecule has 0 aliphatic rings. The van der Waals surface area contributed by atoms with Gasteiger partial charge in [0, 0.05) is 10.7 Å². The lowest BCUT2D eigenvalue weighted by Gasteiger charge is -2.05. The maximum Gasteiger partial charge on any atom is 0.194 e. The van der Waals surface area contributed by atoms with E-state index in [1.54, 1.807) is 12.4 Å². The Morgan fingerprint density at radius 1 is 1.47 bits per heavy atom. The second-order valence-corrected chi connectivity index (χ2v) is 7.12. The first-order chi connectivity index (χ1) is 6.89. The number of nitrogens with zero attached hydrogens (tertiary/aromatic N) is 2. The van der Waals surface area contributed by atoms with Gasteiger partial charge in [0.2, 0.25) is 0 Å². The molecule has 0 fully saturated rings. The van der Waals surface area contributed by atoms with Crippen molar-refractivity contribution in [2.45, 2.75) is 25.5 Å². The number of halogens is 1. The van der Waals surface area contributed by atoms with Crippen LogP contribution in [0.5, 0.6) is 0 Å². The molecule has 0 N–H and O–H groups in total. The second-order valence-electron chi connectivity index (χ2n) is 4.09. The first kappa shape index (κ1) is 12.5. The van der Waals surface area contributed by atoms with E-state index in [1.807, 2.05) is 32.9 Å². The summed E-state index contributed by atoms with van der Waals surface area (Å²) in [6.07, 6.45) is 3.24. The summed E-state index contributed by atoms with van der Waals surface area (Å²) in [5.41, 5.74) is 0.714. The largest absolute Gasteiger partial charge is 0.254 e. The number of hydrogen-bond acceptors (Lipinski definition) is 2. The lowest BCUT2D eigenvalue weighted by molar-refractivity contribution is 0.576. The molecule has 1 heterocycles. The highest BCUT2D eigenvalue weighted by atomic mass is 79.9. The molecule has 0 bridgehead atoms. The molecule has 0 saturated carbocycles. The third-order valence-electron chi connectivity index (χ3n) is 1.62. The van der Waals surface area contributed by atoms with Gasteiger partial charge in [-0.15, -0.1) is 0 Å². The Kier molecular flexibility index (Phi) is 4.16. The summed E-state index contributed by atoms with van der Waals surface area (Å²) >= 11 is 3.29. The molecule has 82 valence electrons. The number of thiol groups is 1. The van der Waals surface area contributed by atoms with Crippen LogP contribution in [-0.4, -0.2) is 15.9 Å². The van der Waals surface area contributed by atoms with Gasteiger partial charge in [0.15, 0.2) is 11.0 Å². The number of rotatable bonds is 2. The van der Waals surface area contributed by atoms with Crippen LogP contribution in [0, 0.1) is 0 Å². The van der Waals surface area contributed by atoms with Crippen molar-refractivity contribution in [1.82, 2.24) is 4.98 Å². The van der Waals surface area contributed by atoms with Gasteiger partial charge >= 0.3 is 0 Å². The average Bonchev–Trinajstić information content (AvgIpc) is 2.15. The molecule has 15 heavy (non-hydrogen) atoms. The summed E-state index contributed by atoms with van der Waals surface area (Å²) in [5.74, 6) is 0. The van der Waals surface area contributed by atoms with Crippen molar-refractivity contribution in [2.75, 3.05) is 0 Å². The maximum atomic E-state index is 11.6. The Bertz CT molecular complexity index is 381. The SMILES string of the molecule is CC(C)(C)[SH+](=O)/N=C/c1ccc(Br)cn1. The van der Waals surface area contributed by atoms with Crippen LogP contribution in [0.3, 0.4) is 0 Å². The Balaban J connectivity index is 2.74. The van der Waals surface area contributed by atoms with E-state index in [-0.39, 0.29) is 4.75 Å². The molecular weight excluding hydrogens is 276 g/mol. The summed E-state index contributed by atoms with van der Waals surface area (Å²) in [6.45, 7) is 5.70. The molecule has 1 aromatic rings. The molecule has 0 radical (unpaired) electrons. The Labute approximate surface area is 101 Å². The minimum Gasteiger partial charge on any atom is -0.254 e. The topological polar surface area (TPSA) is 42.3 Å². The van der Waals surface area contributed by atoms with Crippen LogP contribution in [0.4, 0.5) is 0 Å². The van der Waals surface area contributed by atoms with Crippen LogP contribution < -0.4 is 0 Å². The van der Waals surface area contributed by atoms with Crippen molar-refractivity contribution in [3.8, 4) is 0 Å². The van der Waals surface area contributed by atoms with Gasteiger partial charge in [-0.05, 0) is 48.8 Å². The smallest absolute Gasteiger partial charge is 0.194 e. The van der Waals surface area contributed by atoms with Crippen LogP contribution in [-0.2, 0) is 15.2 Å². The lowest BCUT2D eigenvalue weighted by atomic mass is 10.3. The normalized spacial score (nSPS) is 14.4. The second kappa shape index (κ2) is 4.99. The molecule has 1 rings (SSSR count). The van der Waals surface area contributed by atoms with Crippen LogP contribution in [0.25, 0.3) is 0 Å². The van der Waals surface area contributed by atoms with Crippen LogP contribution in [0.2, 0.25) is 0 Å². The third kappa shape index (κ3) is 4.22. The van der Waals surface area contributed by atoms with Crippen LogP contribution >= 0.6 is 15.9 Å². The van der Waals surface area contributed by atoms with Crippen molar-refractivity contribution in [3.63, 3.8) is 0 Å². The molecule has 0 spiro atoms. The average molecular weight is 290 g/mol. The predicted octanol–water partition coefficient (Wildman–Crippen LogP) is 2.67. The predicted molar refractivity (Wildman–Crippen MR) is 68.7 cm³/mol. The fourth-order valence-corrected chi connectivity index (χ4v) is 1.55. The molecule has 0 saturated heterocycles. The molecule has 3 nitrogen and oxygen atoms in total. The fourth-order valence-electron chi connectivity index (χ4n) is 0.748. The van der Waals surface area contributed by atoms with E-state index in [0.717, 1.165) is 4.47 Å². The van der Waals surface area contributed by atoms with Crippen LogP contribution in [0.1, 0.15) is 26.5 Å². The van der Waals surface area contributed by atoms with E-state index in [2.05, 4.69) is 25.3 Å². The van der Waals surface area contributed by atoms with Crippen LogP contribution in [0.15, 0.2) is 27.2 Å². The number of aromatic nitrogens is 1. The highest BCUT2D eigenvalue weighted by Gasteiger charge is 2.24. The highest BCUT2D eigenvalue weighted by Crippen LogP contribution is 2.12. The van der Waals surface area contributed by atoms with E-state index >= 15 is 0 Å². The Hall–Kier alpha value is -0.550. The van der Waals surface area contributed by atoms with Gasteiger partial charge < -0.3 is 0 Å². The van der Waals surface area contributed by atoms with Crippen molar-refractivity contribution >= 4 is 33.1 Å². The quantitative estimate of drug-likeness (QED) is 0.477. The molecule has 0 aliphatic heterocycles. The van der Waals surface area contributed by atoms with Crippen molar-refractivity contribution < 1.29 is 4.21 Å². The number of hydrogen-bond donors (Lipinski definition) is 0. The molecule has 0 aliphatic carbocycles. The Morgan fingerprint density at radius 3 is 2.60 bits per heavy atom. The minimum atomic E-state index is -1.59. The standard InChI is InChI=1S/C10H13BrN2OS/c1-10(2,3)15(14)13-7-9-5-4-8(11)6-12-9/h4-7H,1-3H3/p+1/b13-7+. The molecule has 5 heteroatoms. The summed E-state index contributed by atoms with van der Waals surface area (Å²) in [5, 5.41) is 0. The van der Waals surface area contributed by atoms with Crippen molar-refractivity contribution in [1.29, 1.82) is 0 Å². The zero-order chi connectivity index (χ0) is 11.5. The highest BCUT2D eigenvalue weighted by molar-refractivity contribution is 9.10. The zero-order valence-corrected chi connectivity index (χ0v) is 11.4. The van der Waals surface area contributed by atoms with E-state index in [9.17, 15) is 4.21 Å². The lowest BCUT2D eigenvalue weighted by Crippen LogP contribution is -2.19. The third-order valence-corrected chi connectivity index (χ3v) is 3.56. The first-order valence-corrected chi connectivity index (χ1v) is 6.53. The van der Waals surface area contributed by atoms with Gasteiger partial charge in [0.1, 0.15) is 11.0 Å². The van der Waals surface area contributed by atoms with Gasteiger partial charge in [-0.25, -0.2) is 0 Å². The van der Waals surface area contributed by atoms with E-state index in [4.69, 9.17) is 0 Å². The maximum absolute atomic E-state index is 11.6.